The molecule has 2 heterocycles. The Bertz CT molecular complexity index is 843. The summed E-state index contributed by atoms with van der Waals surface area (Å²) >= 11 is 6.09. The number of ether oxygens (including phenoxy) is 1. The molecule has 3 rings (SSSR count). The standard InChI is InChI=1S/C19H18ClNO5/c1-25-9-4-8-21-16(12-5-2-6-13(20)11-12)15(18(23)19(21)24)17(22)14-7-3-10-26-14/h2-3,5-7,10-11,16,23H,4,8-9H2,1H3/t16-/m1/s1. The minimum atomic E-state index is -0.740. The molecule has 0 bridgehead atoms. The molecule has 0 saturated heterocycles. The van der Waals surface area contributed by atoms with E-state index in [1.54, 1.807) is 37.4 Å². The SMILES string of the molecule is COCCCN1C(=O)C(O)=C(C(=O)c2ccco2)[C@H]1c1cccc(Cl)c1. The maximum atomic E-state index is 12.9. The lowest BCUT2D eigenvalue weighted by Gasteiger charge is -2.26. The molecule has 0 saturated carbocycles. The number of nitrogens with zero attached hydrogens (tertiary/aromatic N) is 1. The zero-order chi connectivity index (χ0) is 18.7. The summed E-state index contributed by atoms with van der Waals surface area (Å²) in [6.07, 6.45) is 1.93. The Morgan fingerprint density at radius 2 is 2.15 bits per heavy atom. The van der Waals surface area contributed by atoms with Gasteiger partial charge in [-0.25, -0.2) is 0 Å². The molecule has 1 aromatic heterocycles. The fraction of sp³-hybridized carbons (Fsp3) is 0.263. The van der Waals surface area contributed by atoms with Crippen LogP contribution < -0.4 is 0 Å². The normalized spacial score (nSPS) is 17.2. The highest BCUT2D eigenvalue weighted by Gasteiger charge is 2.44. The molecule has 0 aliphatic carbocycles. The quantitative estimate of drug-likeness (QED) is 0.591. The van der Waals surface area contributed by atoms with Crippen LogP contribution in [0.2, 0.25) is 5.02 Å². The predicted octanol–water partition coefficient (Wildman–Crippen LogP) is 3.55. The topological polar surface area (TPSA) is 80.0 Å². The predicted molar refractivity (Wildman–Crippen MR) is 95.1 cm³/mol. The monoisotopic (exact) mass is 375 g/mol. The average Bonchev–Trinajstić information content (AvgIpc) is 3.24. The smallest absolute Gasteiger partial charge is 0.290 e. The fourth-order valence-corrected chi connectivity index (χ4v) is 3.26. The second kappa shape index (κ2) is 7.76. The number of amides is 1. The van der Waals surface area contributed by atoms with E-state index in [-0.39, 0.29) is 11.3 Å². The summed E-state index contributed by atoms with van der Waals surface area (Å²) in [5.41, 5.74) is 0.631. The van der Waals surface area contributed by atoms with E-state index in [0.29, 0.717) is 30.2 Å². The zero-order valence-electron chi connectivity index (χ0n) is 14.1. The fourth-order valence-electron chi connectivity index (χ4n) is 3.06. The van der Waals surface area contributed by atoms with Crippen LogP contribution in [0.5, 0.6) is 0 Å². The van der Waals surface area contributed by atoms with Gasteiger partial charge in [0.25, 0.3) is 5.91 Å². The van der Waals surface area contributed by atoms with E-state index < -0.39 is 23.5 Å². The van der Waals surface area contributed by atoms with Crippen LogP contribution in [-0.4, -0.2) is 42.0 Å². The van der Waals surface area contributed by atoms with Crippen LogP contribution in [0.4, 0.5) is 0 Å². The van der Waals surface area contributed by atoms with Gasteiger partial charge in [0.05, 0.1) is 17.9 Å². The van der Waals surface area contributed by atoms with E-state index in [2.05, 4.69) is 0 Å². The van der Waals surface area contributed by atoms with Crippen molar-refractivity contribution in [3.63, 3.8) is 0 Å². The number of carbonyl (C=O) groups is 2. The van der Waals surface area contributed by atoms with Gasteiger partial charge in [0, 0.05) is 25.3 Å². The first kappa shape index (κ1) is 18.2. The van der Waals surface area contributed by atoms with E-state index in [1.807, 2.05) is 0 Å². The second-order valence-corrected chi connectivity index (χ2v) is 6.31. The maximum absolute atomic E-state index is 12.9. The number of hydrogen-bond acceptors (Lipinski definition) is 5. The summed E-state index contributed by atoms with van der Waals surface area (Å²) in [5.74, 6) is -1.63. The lowest BCUT2D eigenvalue weighted by molar-refractivity contribution is -0.129. The molecule has 1 aliphatic heterocycles. The molecular weight excluding hydrogens is 358 g/mol. The molecule has 1 atom stereocenters. The zero-order valence-corrected chi connectivity index (χ0v) is 14.9. The molecule has 6 nitrogen and oxygen atoms in total. The summed E-state index contributed by atoms with van der Waals surface area (Å²) in [7, 11) is 1.57. The summed E-state index contributed by atoms with van der Waals surface area (Å²) < 4.78 is 10.2. The number of furan rings is 1. The summed E-state index contributed by atoms with van der Waals surface area (Å²) in [6.45, 7) is 0.775. The van der Waals surface area contributed by atoms with E-state index in [9.17, 15) is 14.7 Å². The lowest BCUT2D eigenvalue weighted by Crippen LogP contribution is -2.32. The van der Waals surface area contributed by atoms with E-state index >= 15 is 0 Å². The van der Waals surface area contributed by atoms with Crippen molar-refractivity contribution in [1.82, 2.24) is 4.90 Å². The Labute approximate surface area is 155 Å². The van der Waals surface area contributed by atoms with Crippen LogP contribution in [0, 0.1) is 0 Å². The van der Waals surface area contributed by atoms with E-state index in [0.717, 1.165) is 0 Å². The summed E-state index contributed by atoms with van der Waals surface area (Å²) in [4.78, 5) is 26.9. The number of carbonyl (C=O) groups excluding carboxylic acids is 2. The number of hydrogen-bond donors (Lipinski definition) is 1. The van der Waals surface area contributed by atoms with Crippen molar-refractivity contribution in [2.24, 2.45) is 0 Å². The molecule has 136 valence electrons. The van der Waals surface area contributed by atoms with Crippen molar-refractivity contribution in [3.8, 4) is 0 Å². The highest BCUT2D eigenvalue weighted by Crippen LogP contribution is 2.39. The number of aliphatic hydroxyl groups excluding tert-OH is 1. The van der Waals surface area contributed by atoms with Crippen LogP contribution in [-0.2, 0) is 9.53 Å². The molecule has 0 fully saturated rings. The van der Waals surface area contributed by atoms with Gasteiger partial charge in [0.1, 0.15) is 0 Å². The van der Waals surface area contributed by atoms with Crippen LogP contribution in [0.25, 0.3) is 0 Å². The minimum absolute atomic E-state index is 0.00960. The van der Waals surface area contributed by atoms with Gasteiger partial charge in [-0.3, -0.25) is 9.59 Å². The van der Waals surface area contributed by atoms with Crippen molar-refractivity contribution in [1.29, 1.82) is 0 Å². The first-order valence-electron chi connectivity index (χ1n) is 8.11. The Kier molecular flexibility index (Phi) is 5.44. The number of methoxy groups -OCH3 is 1. The average molecular weight is 376 g/mol. The third-order valence-corrected chi connectivity index (χ3v) is 4.44. The molecular formula is C19H18ClNO5. The second-order valence-electron chi connectivity index (χ2n) is 5.87. The molecule has 26 heavy (non-hydrogen) atoms. The molecule has 1 aromatic carbocycles. The molecule has 1 amide bonds. The minimum Gasteiger partial charge on any atom is -0.503 e. The largest absolute Gasteiger partial charge is 0.503 e. The number of Topliss-reactive ketones (excluding diaryl/α,β-unsaturated/α-hetero) is 1. The maximum Gasteiger partial charge on any atom is 0.290 e. The first-order chi connectivity index (χ1) is 12.5. The van der Waals surface area contributed by atoms with Crippen LogP contribution in [0.15, 0.2) is 58.4 Å². The van der Waals surface area contributed by atoms with Crippen LogP contribution >= 0.6 is 11.6 Å². The molecule has 1 aliphatic rings. The van der Waals surface area contributed by atoms with Crippen LogP contribution in [0.1, 0.15) is 28.6 Å². The van der Waals surface area contributed by atoms with Crippen molar-refractivity contribution in [3.05, 3.63) is 70.3 Å². The van der Waals surface area contributed by atoms with E-state index in [4.69, 9.17) is 20.8 Å². The molecule has 0 radical (unpaired) electrons. The molecule has 1 N–H and O–H groups in total. The van der Waals surface area contributed by atoms with E-state index in [1.165, 1.54) is 17.2 Å². The number of aliphatic hydroxyl groups is 1. The third-order valence-electron chi connectivity index (χ3n) is 4.21. The van der Waals surface area contributed by atoms with Gasteiger partial charge >= 0.3 is 0 Å². The van der Waals surface area contributed by atoms with Gasteiger partial charge in [-0.15, -0.1) is 0 Å². The van der Waals surface area contributed by atoms with Gasteiger partial charge in [-0.1, -0.05) is 23.7 Å². The summed E-state index contributed by atoms with van der Waals surface area (Å²) in [6, 6.07) is 9.21. The van der Waals surface area contributed by atoms with Gasteiger partial charge in [-0.05, 0) is 36.2 Å². The molecule has 0 spiro atoms. The number of halogens is 1. The number of ketones is 1. The van der Waals surface area contributed by atoms with Gasteiger partial charge < -0.3 is 19.2 Å². The van der Waals surface area contributed by atoms with Gasteiger partial charge in [0.15, 0.2) is 11.5 Å². The highest BCUT2D eigenvalue weighted by atomic mass is 35.5. The van der Waals surface area contributed by atoms with Crippen molar-refractivity contribution >= 4 is 23.3 Å². The lowest BCUT2D eigenvalue weighted by atomic mass is 9.95. The first-order valence-corrected chi connectivity index (χ1v) is 8.49. The highest BCUT2D eigenvalue weighted by molar-refractivity contribution is 6.30. The Morgan fingerprint density at radius 3 is 2.81 bits per heavy atom. The number of benzene rings is 1. The third kappa shape index (κ3) is 3.38. The Balaban J connectivity index is 2.04. The van der Waals surface area contributed by atoms with Crippen molar-refractivity contribution < 1.29 is 23.8 Å². The van der Waals surface area contributed by atoms with Gasteiger partial charge in [-0.2, -0.15) is 0 Å². The molecule has 0 unspecified atom stereocenters. The van der Waals surface area contributed by atoms with Crippen molar-refractivity contribution in [2.45, 2.75) is 12.5 Å². The Hall–Kier alpha value is -2.57. The van der Waals surface area contributed by atoms with Crippen molar-refractivity contribution in [2.75, 3.05) is 20.3 Å². The van der Waals surface area contributed by atoms with Crippen LogP contribution in [0.3, 0.4) is 0 Å². The number of rotatable bonds is 7. The molecule has 7 heteroatoms. The molecule has 2 aromatic rings. The summed E-state index contributed by atoms with van der Waals surface area (Å²) in [5, 5.41) is 10.9. The van der Waals surface area contributed by atoms with Gasteiger partial charge in [0.2, 0.25) is 5.78 Å². The Morgan fingerprint density at radius 1 is 1.35 bits per heavy atom.